The summed E-state index contributed by atoms with van der Waals surface area (Å²) in [5, 5.41) is 9.59. The summed E-state index contributed by atoms with van der Waals surface area (Å²) in [6.45, 7) is 8.82. The van der Waals surface area contributed by atoms with Crippen molar-refractivity contribution in [3.63, 3.8) is 0 Å². The zero-order chi connectivity index (χ0) is 17.3. The van der Waals surface area contributed by atoms with E-state index in [9.17, 15) is 0 Å². The van der Waals surface area contributed by atoms with Gasteiger partial charge in [-0.05, 0) is 105 Å². The van der Waals surface area contributed by atoms with Crippen molar-refractivity contribution >= 4 is 44.0 Å². The fourth-order valence-electron chi connectivity index (χ4n) is 4.64. The predicted octanol–water partition coefficient (Wildman–Crippen LogP) is 6.14. The van der Waals surface area contributed by atoms with E-state index >= 15 is 0 Å². The van der Waals surface area contributed by atoms with Crippen molar-refractivity contribution in [1.82, 2.24) is 0 Å². The summed E-state index contributed by atoms with van der Waals surface area (Å²) in [5.74, 6) is 0. The van der Waals surface area contributed by atoms with Crippen molar-refractivity contribution in [2.45, 2.75) is 27.7 Å². The van der Waals surface area contributed by atoms with E-state index < -0.39 is 0 Å². The zero-order valence-corrected chi connectivity index (χ0v) is 15.1. The van der Waals surface area contributed by atoms with Gasteiger partial charge in [-0.15, -0.1) is 5.73 Å². The van der Waals surface area contributed by atoms with E-state index in [0.717, 1.165) is 0 Å². The molecule has 0 saturated carbocycles. The highest BCUT2D eigenvalue weighted by atomic mass is 14.2. The van der Waals surface area contributed by atoms with E-state index in [4.69, 9.17) is 0 Å². The molecule has 0 fully saturated rings. The second kappa shape index (κ2) is 4.85. The lowest BCUT2D eigenvalue weighted by molar-refractivity contribution is 1.44. The van der Waals surface area contributed by atoms with E-state index in [1.165, 1.54) is 65.4 Å². The van der Waals surface area contributed by atoms with Crippen LogP contribution < -0.4 is 5.22 Å². The molecule has 4 aromatic rings. The molecule has 4 aromatic carbocycles. The lowest BCUT2D eigenvalue weighted by atomic mass is 9.86. The molecule has 0 amide bonds. The average Bonchev–Trinajstić information content (AvgIpc) is 2.76. The highest BCUT2D eigenvalue weighted by Crippen LogP contribution is 2.37. The molecule has 0 aromatic heterocycles. The third-order valence-corrected chi connectivity index (χ3v) is 5.77. The first-order chi connectivity index (χ1) is 12.1. The largest absolute Gasteiger partial charge is 0.117 e. The number of aryl methyl sites for hydroxylation is 3. The van der Waals surface area contributed by atoms with Crippen LogP contribution in [0.25, 0.3) is 44.0 Å². The minimum absolute atomic E-state index is 1.22. The summed E-state index contributed by atoms with van der Waals surface area (Å²) in [6.07, 6.45) is 4.33. The Balaban J connectivity index is 2.25. The molecule has 0 nitrogen and oxygen atoms in total. The number of rotatable bonds is 0. The molecule has 120 valence electrons. The standard InChI is InChI=1S/C25H20/c1-14-6-5-7-18-19-11-8-16(3)23-17(4)10-13-21(25(19)23)20-12-9-15(2)22(14)24(18)20/h5,7-13H,1-4H3. The summed E-state index contributed by atoms with van der Waals surface area (Å²) in [4.78, 5) is 0. The van der Waals surface area contributed by atoms with Gasteiger partial charge in [-0.2, -0.15) is 0 Å². The molecule has 0 heteroatoms. The molecule has 0 radical (unpaired) electrons. The highest BCUT2D eigenvalue weighted by molar-refractivity contribution is 6.24. The van der Waals surface area contributed by atoms with Crippen LogP contribution in [0.2, 0.25) is 0 Å². The van der Waals surface area contributed by atoms with Crippen molar-refractivity contribution in [3.8, 4) is 0 Å². The van der Waals surface area contributed by atoms with Crippen LogP contribution in [0.15, 0.2) is 48.2 Å². The minimum atomic E-state index is 1.22. The Hall–Kier alpha value is -2.82. The number of benzene rings is 4. The molecular weight excluding hydrogens is 300 g/mol. The summed E-state index contributed by atoms with van der Waals surface area (Å²) in [6, 6.07) is 13.7. The van der Waals surface area contributed by atoms with E-state index in [1.807, 2.05) is 0 Å². The molecule has 25 heavy (non-hydrogen) atoms. The molecule has 1 aliphatic rings. The first kappa shape index (κ1) is 14.5. The van der Waals surface area contributed by atoms with Gasteiger partial charge < -0.3 is 0 Å². The predicted molar refractivity (Wildman–Crippen MR) is 110 cm³/mol. The van der Waals surface area contributed by atoms with Crippen molar-refractivity contribution in [3.05, 3.63) is 75.7 Å². The Labute approximate surface area is 147 Å². The molecule has 0 N–H and O–H groups in total. The lowest BCUT2D eigenvalue weighted by Gasteiger charge is -2.17. The van der Waals surface area contributed by atoms with Crippen LogP contribution in [-0.2, 0) is 0 Å². The number of hydrogen-bond acceptors (Lipinski definition) is 0. The Morgan fingerprint density at radius 3 is 1.92 bits per heavy atom. The second-order valence-electron chi connectivity index (χ2n) is 7.31. The van der Waals surface area contributed by atoms with Gasteiger partial charge in [-0.1, -0.05) is 36.4 Å². The molecule has 5 rings (SSSR count). The SMILES string of the molecule is CC1=C=CC=c2c3ccc(C)c4c(C)ccc(c5ccc(C)c1c25)c43. The first-order valence-corrected chi connectivity index (χ1v) is 8.89. The maximum Gasteiger partial charge on any atom is -0.000987 e. The van der Waals surface area contributed by atoms with E-state index in [1.54, 1.807) is 0 Å². The van der Waals surface area contributed by atoms with Gasteiger partial charge in [0.2, 0.25) is 0 Å². The molecular formula is C25H20. The van der Waals surface area contributed by atoms with Gasteiger partial charge in [-0.25, -0.2) is 0 Å². The molecule has 0 unspecified atom stereocenters. The molecule has 0 atom stereocenters. The monoisotopic (exact) mass is 320 g/mol. The smallest absolute Gasteiger partial charge is 0.000987 e. The van der Waals surface area contributed by atoms with Gasteiger partial charge in [0.25, 0.3) is 0 Å². The third kappa shape index (κ3) is 1.78. The van der Waals surface area contributed by atoms with Gasteiger partial charge in [0.1, 0.15) is 0 Å². The molecule has 0 spiro atoms. The Morgan fingerprint density at radius 1 is 0.600 bits per heavy atom. The number of hydrogen-bond donors (Lipinski definition) is 0. The van der Waals surface area contributed by atoms with Crippen LogP contribution >= 0.6 is 0 Å². The van der Waals surface area contributed by atoms with Gasteiger partial charge >= 0.3 is 0 Å². The quantitative estimate of drug-likeness (QED) is 0.207. The molecule has 0 saturated heterocycles. The van der Waals surface area contributed by atoms with Crippen molar-refractivity contribution in [2.24, 2.45) is 0 Å². The Morgan fingerprint density at radius 2 is 1.20 bits per heavy atom. The van der Waals surface area contributed by atoms with Gasteiger partial charge in [-0.3, -0.25) is 0 Å². The van der Waals surface area contributed by atoms with Crippen LogP contribution in [0.4, 0.5) is 0 Å². The van der Waals surface area contributed by atoms with Crippen LogP contribution in [0.1, 0.15) is 29.2 Å². The van der Waals surface area contributed by atoms with Crippen LogP contribution in [0, 0.1) is 20.8 Å². The number of fused-ring (bicyclic) bond motifs is 2. The van der Waals surface area contributed by atoms with Crippen LogP contribution in [0.5, 0.6) is 0 Å². The fraction of sp³-hybridized carbons (Fsp3) is 0.160. The van der Waals surface area contributed by atoms with E-state index in [-0.39, 0.29) is 0 Å². The van der Waals surface area contributed by atoms with E-state index in [2.05, 4.69) is 82.0 Å². The molecule has 0 aliphatic heterocycles. The second-order valence-corrected chi connectivity index (χ2v) is 7.31. The van der Waals surface area contributed by atoms with Gasteiger partial charge in [0.05, 0.1) is 0 Å². The summed E-state index contributed by atoms with van der Waals surface area (Å²) in [7, 11) is 0. The van der Waals surface area contributed by atoms with Crippen molar-refractivity contribution < 1.29 is 0 Å². The minimum Gasteiger partial charge on any atom is -0.117 e. The van der Waals surface area contributed by atoms with Crippen LogP contribution in [-0.4, -0.2) is 0 Å². The molecule has 0 bridgehead atoms. The van der Waals surface area contributed by atoms with Gasteiger partial charge in [0.15, 0.2) is 0 Å². The molecule has 0 heterocycles. The normalized spacial score (nSPS) is 13.4. The van der Waals surface area contributed by atoms with Crippen LogP contribution in [0.3, 0.4) is 0 Å². The summed E-state index contributed by atoms with van der Waals surface area (Å²) >= 11 is 0. The lowest BCUT2D eigenvalue weighted by Crippen LogP contribution is -2.08. The Bertz CT molecular complexity index is 1330. The Kier molecular flexibility index (Phi) is 2.82. The maximum atomic E-state index is 3.46. The maximum absolute atomic E-state index is 3.46. The summed E-state index contributed by atoms with van der Waals surface area (Å²) < 4.78 is 0. The first-order valence-electron chi connectivity index (χ1n) is 8.89. The van der Waals surface area contributed by atoms with Crippen molar-refractivity contribution in [1.29, 1.82) is 0 Å². The van der Waals surface area contributed by atoms with Gasteiger partial charge in [0, 0.05) is 0 Å². The fourth-order valence-corrected chi connectivity index (χ4v) is 4.64. The third-order valence-electron chi connectivity index (χ3n) is 5.77. The average molecular weight is 320 g/mol. The van der Waals surface area contributed by atoms with Crippen molar-refractivity contribution in [2.75, 3.05) is 0 Å². The number of allylic oxidation sites excluding steroid dienone is 1. The topological polar surface area (TPSA) is 0 Å². The highest BCUT2D eigenvalue weighted by Gasteiger charge is 2.16. The zero-order valence-electron chi connectivity index (χ0n) is 15.1. The molecule has 1 aliphatic carbocycles. The van der Waals surface area contributed by atoms with E-state index in [0.29, 0.717) is 0 Å². The summed E-state index contributed by atoms with van der Waals surface area (Å²) in [5.41, 5.74) is 10.1.